The standard InChI is InChI=1S/C10H7Cl2NO4/c11-6-3-5(13(16)17)4-7(12)8(6)10(1-2-10)9(14)15/h3-4H,1-2H2,(H,14,15). The number of rotatable bonds is 3. The largest absolute Gasteiger partial charge is 0.481 e. The number of carboxylic acids is 1. The third-order valence-electron chi connectivity index (χ3n) is 2.88. The molecule has 0 saturated heterocycles. The lowest BCUT2D eigenvalue weighted by molar-refractivity contribution is -0.384. The highest BCUT2D eigenvalue weighted by atomic mass is 35.5. The Morgan fingerprint density at radius 3 is 2.12 bits per heavy atom. The molecule has 2 rings (SSSR count). The first-order valence-electron chi connectivity index (χ1n) is 4.76. The Balaban J connectivity index is 2.57. The van der Waals surface area contributed by atoms with Crippen LogP contribution in [0.1, 0.15) is 18.4 Å². The van der Waals surface area contributed by atoms with Crippen LogP contribution in [-0.4, -0.2) is 16.0 Å². The SMILES string of the molecule is O=C(O)C1(c2c(Cl)cc([N+](=O)[O-])cc2Cl)CC1. The second-order valence-corrected chi connectivity index (χ2v) is 4.74. The lowest BCUT2D eigenvalue weighted by Crippen LogP contribution is -2.20. The van der Waals surface area contributed by atoms with Crippen LogP contribution in [0.2, 0.25) is 10.0 Å². The fourth-order valence-electron chi connectivity index (χ4n) is 1.82. The minimum Gasteiger partial charge on any atom is -0.481 e. The molecular formula is C10H7Cl2NO4. The van der Waals surface area contributed by atoms with E-state index in [1.807, 2.05) is 0 Å². The summed E-state index contributed by atoms with van der Waals surface area (Å²) in [5.41, 5.74) is -1.03. The van der Waals surface area contributed by atoms with E-state index in [1.54, 1.807) is 0 Å². The van der Waals surface area contributed by atoms with Gasteiger partial charge in [0.15, 0.2) is 0 Å². The van der Waals surface area contributed by atoms with Gasteiger partial charge in [-0.3, -0.25) is 14.9 Å². The molecule has 0 aliphatic heterocycles. The highest BCUT2D eigenvalue weighted by molar-refractivity contribution is 6.37. The summed E-state index contributed by atoms with van der Waals surface area (Å²) in [6.07, 6.45) is 0.888. The maximum Gasteiger partial charge on any atom is 0.314 e. The Morgan fingerprint density at radius 2 is 1.82 bits per heavy atom. The van der Waals surface area contributed by atoms with Gasteiger partial charge in [0.05, 0.1) is 20.4 Å². The average Bonchev–Trinajstić information content (AvgIpc) is 2.97. The molecule has 0 spiro atoms. The summed E-state index contributed by atoms with van der Waals surface area (Å²) in [4.78, 5) is 21.1. The molecule has 0 radical (unpaired) electrons. The quantitative estimate of drug-likeness (QED) is 0.679. The molecule has 1 fully saturated rings. The number of halogens is 2. The molecule has 0 amide bonds. The predicted molar refractivity (Wildman–Crippen MR) is 61.7 cm³/mol. The Kier molecular flexibility index (Phi) is 2.75. The predicted octanol–water partition coefficient (Wildman–Crippen LogP) is 3.02. The first-order valence-corrected chi connectivity index (χ1v) is 5.51. The van der Waals surface area contributed by atoms with Crippen LogP contribution in [-0.2, 0) is 10.2 Å². The van der Waals surface area contributed by atoms with Crippen molar-refractivity contribution in [2.75, 3.05) is 0 Å². The van der Waals surface area contributed by atoms with Gasteiger partial charge in [0, 0.05) is 17.7 Å². The number of carbonyl (C=O) groups is 1. The Hall–Kier alpha value is -1.33. The molecule has 90 valence electrons. The van der Waals surface area contributed by atoms with Crippen LogP contribution >= 0.6 is 23.2 Å². The zero-order valence-electron chi connectivity index (χ0n) is 8.44. The molecule has 0 unspecified atom stereocenters. The molecule has 1 saturated carbocycles. The average molecular weight is 276 g/mol. The van der Waals surface area contributed by atoms with Gasteiger partial charge in [-0.05, 0) is 12.8 Å². The zero-order chi connectivity index (χ0) is 12.8. The Labute approximate surface area is 106 Å². The van der Waals surface area contributed by atoms with E-state index in [9.17, 15) is 14.9 Å². The normalized spacial score (nSPS) is 16.6. The summed E-state index contributed by atoms with van der Waals surface area (Å²) in [6.45, 7) is 0. The van der Waals surface area contributed by atoms with Crippen molar-refractivity contribution in [2.45, 2.75) is 18.3 Å². The fourth-order valence-corrected chi connectivity index (χ4v) is 2.66. The minimum absolute atomic E-state index is 0.0316. The van der Waals surface area contributed by atoms with Crippen LogP contribution in [0, 0.1) is 10.1 Å². The first kappa shape index (κ1) is 12.1. The lowest BCUT2D eigenvalue weighted by Gasteiger charge is -2.13. The molecule has 5 nitrogen and oxygen atoms in total. The highest BCUT2D eigenvalue weighted by Crippen LogP contribution is 2.53. The third kappa shape index (κ3) is 1.85. The van der Waals surface area contributed by atoms with Crippen LogP contribution in [0.15, 0.2) is 12.1 Å². The topological polar surface area (TPSA) is 80.4 Å². The number of carboxylic acid groups (broad SMARTS) is 1. The van der Waals surface area contributed by atoms with Gasteiger partial charge >= 0.3 is 5.97 Å². The summed E-state index contributed by atoms with van der Waals surface area (Å²) in [5, 5.41) is 19.8. The van der Waals surface area contributed by atoms with Crippen molar-refractivity contribution in [3.8, 4) is 0 Å². The maximum absolute atomic E-state index is 11.2. The summed E-state index contributed by atoms with van der Waals surface area (Å²) in [6, 6.07) is 2.26. The summed E-state index contributed by atoms with van der Waals surface area (Å²) < 4.78 is 0. The number of non-ortho nitro benzene ring substituents is 1. The molecule has 1 aromatic rings. The second kappa shape index (κ2) is 3.85. The number of hydrogen-bond donors (Lipinski definition) is 1. The molecule has 0 bridgehead atoms. The zero-order valence-corrected chi connectivity index (χ0v) is 9.96. The Morgan fingerprint density at radius 1 is 1.35 bits per heavy atom. The number of benzene rings is 1. The van der Waals surface area contributed by atoms with Gasteiger partial charge in [0.2, 0.25) is 0 Å². The summed E-state index contributed by atoms with van der Waals surface area (Å²) in [7, 11) is 0. The minimum atomic E-state index is -1.07. The van der Waals surface area contributed by atoms with Gasteiger partial charge in [-0.25, -0.2) is 0 Å². The van der Waals surface area contributed by atoms with Crippen molar-refractivity contribution < 1.29 is 14.8 Å². The monoisotopic (exact) mass is 275 g/mol. The van der Waals surface area contributed by atoms with Gasteiger partial charge < -0.3 is 5.11 Å². The number of aliphatic carboxylic acids is 1. The van der Waals surface area contributed by atoms with E-state index in [-0.39, 0.29) is 21.3 Å². The van der Waals surface area contributed by atoms with Gasteiger partial charge in [-0.2, -0.15) is 0 Å². The summed E-state index contributed by atoms with van der Waals surface area (Å²) in [5.74, 6) is -1.00. The molecule has 1 N–H and O–H groups in total. The van der Waals surface area contributed by atoms with Crippen molar-refractivity contribution in [3.63, 3.8) is 0 Å². The Bertz CT molecular complexity index is 502. The third-order valence-corrected chi connectivity index (χ3v) is 3.47. The smallest absolute Gasteiger partial charge is 0.314 e. The van der Waals surface area contributed by atoms with E-state index < -0.39 is 16.3 Å². The van der Waals surface area contributed by atoms with Crippen LogP contribution in [0.25, 0.3) is 0 Å². The van der Waals surface area contributed by atoms with Gasteiger partial charge in [-0.15, -0.1) is 0 Å². The van der Waals surface area contributed by atoms with E-state index >= 15 is 0 Å². The fraction of sp³-hybridized carbons (Fsp3) is 0.300. The second-order valence-electron chi connectivity index (χ2n) is 3.93. The van der Waals surface area contributed by atoms with Crippen molar-refractivity contribution in [1.29, 1.82) is 0 Å². The number of hydrogen-bond acceptors (Lipinski definition) is 3. The van der Waals surface area contributed by atoms with E-state index in [2.05, 4.69) is 0 Å². The number of nitro groups is 1. The van der Waals surface area contributed by atoms with Gasteiger partial charge in [-0.1, -0.05) is 23.2 Å². The van der Waals surface area contributed by atoms with E-state index in [4.69, 9.17) is 28.3 Å². The molecule has 0 aromatic heterocycles. The first-order chi connectivity index (χ1) is 7.88. The molecular weight excluding hydrogens is 269 g/mol. The lowest BCUT2D eigenvalue weighted by atomic mass is 9.95. The van der Waals surface area contributed by atoms with E-state index in [1.165, 1.54) is 0 Å². The molecule has 0 heterocycles. The van der Waals surface area contributed by atoms with Crippen molar-refractivity contribution >= 4 is 34.9 Å². The number of nitrogens with zero attached hydrogens (tertiary/aromatic N) is 1. The van der Waals surface area contributed by atoms with Crippen LogP contribution < -0.4 is 0 Å². The molecule has 1 aliphatic carbocycles. The van der Waals surface area contributed by atoms with E-state index in [0.29, 0.717) is 12.8 Å². The van der Waals surface area contributed by atoms with Crippen molar-refractivity contribution in [1.82, 2.24) is 0 Å². The van der Waals surface area contributed by atoms with E-state index in [0.717, 1.165) is 12.1 Å². The van der Waals surface area contributed by atoms with Crippen molar-refractivity contribution in [3.05, 3.63) is 37.9 Å². The number of nitro benzene ring substituents is 1. The molecule has 1 aromatic carbocycles. The highest BCUT2D eigenvalue weighted by Gasteiger charge is 2.54. The molecule has 7 heteroatoms. The van der Waals surface area contributed by atoms with Crippen molar-refractivity contribution in [2.24, 2.45) is 0 Å². The maximum atomic E-state index is 11.2. The molecule has 17 heavy (non-hydrogen) atoms. The molecule has 1 aliphatic rings. The van der Waals surface area contributed by atoms with Gasteiger partial charge in [0.1, 0.15) is 0 Å². The molecule has 0 atom stereocenters. The van der Waals surface area contributed by atoms with Crippen LogP contribution in [0.3, 0.4) is 0 Å². The summed E-state index contributed by atoms with van der Waals surface area (Å²) >= 11 is 11.8. The van der Waals surface area contributed by atoms with Gasteiger partial charge in [0.25, 0.3) is 5.69 Å². The van der Waals surface area contributed by atoms with Crippen LogP contribution in [0.5, 0.6) is 0 Å². The van der Waals surface area contributed by atoms with Crippen LogP contribution in [0.4, 0.5) is 5.69 Å².